The maximum atomic E-state index is 12.9. The summed E-state index contributed by atoms with van der Waals surface area (Å²) in [6.07, 6.45) is -0.416. The van der Waals surface area contributed by atoms with Gasteiger partial charge in [0.2, 0.25) is 0 Å². The molecule has 0 aromatic heterocycles. The molecule has 0 amide bonds. The molecular weight excluding hydrogens is 193 g/mol. The van der Waals surface area contributed by atoms with E-state index in [-0.39, 0.29) is 17.9 Å². The predicted molar refractivity (Wildman–Crippen MR) is 59.1 cm³/mol. The molecule has 15 heavy (non-hydrogen) atoms. The molecule has 2 nitrogen and oxygen atoms in total. The van der Waals surface area contributed by atoms with Crippen molar-refractivity contribution in [1.29, 1.82) is 0 Å². The second-order valence-corrected chi connectivity index (χ2v) is 3.97. The van der Waals surface area contributed by atoms with Crippen molar-refractivity contribution in [2.45, 2.75) is 39.0 Å². The first-order valence-electron chi connectivity index (χ1n) is 5.20. The van der Waals surface area contributed by atoms with Crippen LogP contribution in [0.2, 0.25) is 0 Å². The Kier molecular flexibility index (Phi) is 4.24. The molecule has 2 N–H and O–H groups in total. The van der Waals surface area contributed by atoms with E-state index < -0.39 is 6.10 Å². The first-order chi connectivity index (χ1) is 7.00. The molecule has 3 atom stereocenters. The highest BCUT2D eigenvalue weighted by Gasteiger charge is 2.13. The van der Waals surface area contributed by atoms with Gasteiger partial charge in [0.05, 0.1) is 6.10 Å². The van der Waals surface area contributed by atoms with Gasteiger partial charge in [0.1, 0.15) is 5.82 Å². The average Bonchev–Trinajstić information content (AvgIpc) is 2.17. The van der Waals surface area contributed by atoms with Crippen molar-refractivity contribution in [1.82, 2.24) is 5.32 Å². The summed E-state index contributed by atoms with van der Waals surface area (Å²) >= 11 is 0. The molecule has 0 aliphatic carbocycles. The normalized spacial score (nSPS) is 17.1. The quantitative estimate of drug-likeness (QED) is 0.800. The number of rotatable bonds is 4. The summed E-state index contributed by atoms with van der Waals surface area (Å²) in [6.45, 7) is 5.59. The zero-order valence-corrected chi connectivity index (χ0v) is 9.37. The predicted octanol–water partition coefficient (Wildman–Crippen LogP) is 2.25. The molecule has 0 saturated carbocycles. The van der Waals surface area contributed by atoms with Gasteiger partial charge in [0.15, 0.2) is 0 Å². The van der Waals surface area contributed by atoms with Crippen LogP contribution in [-0.2, 0) is 0 Å². The van der Waals surface area contributed by atoms with Gasteiger partial charge in [0.25, 0.3) is 0 Å². The van der Waals surface area contributed by atoms with E-state index in [1.807, 2.05) is 19.9 Å². The maximum Gasteiger partial charge on any atom is 0.123 e. The largest absolute Gasteiger partial charge is 0.392 e. The molecule has 0 bridgehead atoms. The van der Waals surface area contributed by atoms with Gasteiger partial charge in [-0.2, -0.15) is 0 Å². The fourth-order valence-corrected chi connectivity index (χ4v) is 1.41. The third kappa shape index (κ3) is 3.61. The topological polar surface area (TPSA) is 32.3 Å². The molecule has 0 fully saturated rings. The number of benzene rings is 1. The Morgan fingerprint density at radius 3 is 2.47 bits per heavy atom. The van der Waals surface area contributed by atoms with Crippen molar-refractivity contribution < 1.29 is 9.50 Å². The van der Waals surface area contributed by atoms with E-state index in [9.17, 15) is 9.50 Å². The molecule has 0 radical (unpaired) electrons. The van der Waals surface area contributed by atoms with Crippen LogP contribution in [0.3, 0.4) is 0 Å². The van der Waals surface area contributed by atoms with Crippen LogP contribution in [0.15, 0.2) is 24.3 Å². The minimum absolute atomic E-state index is 0.0109. The van der Waals surface area contributed by atoms with E-state index in [0.29, 0.717) is 0 Å². The molecule has 84 valence electrons. The zero-order chi connectivity index (χ0) is 11.4. The highest BCUT2D eigenvalue weighted by Crippen LogP contribution is 2.14. The minimum atomic E-state index is -0.416. The molecule has 0 saturated heterocycles. The van der Waals surface area contributed by atoms with Crippen LogP contribution in [-0.4, -0.2) is 17.3 Å². The molecule has 1 aromatic rings. The Labute approximate surface area is 90.1 Å². The van der Waals surface area contributed by atoms with Gasteiger partial charge in [-0.1, -0.05) is 12.1 Å². The monoisotopic (exact) mass is 211 g/mol. The summed E-state index contributed by atoms with van der Waals surface area (Å²) in [5.74, 6) is -0.231. The number of nitrogens with one attached hydrogen (secondary N) is 1. The van der Waals surface area contributed by atoms with E-state index in [1.165, 1.54) is 12.1 Å². The summed E-state index contributed by atoms with van der Waals surface area (Å²) < 4.78 is 12.9. The van der Waals surface area contributed by atoms with Gasteiger partial charge in [-0.3, -0.25) is 0 Å². The Hall–Kier alpha value is -0.930. The number of hydrogen-bond acceptors (Lipinski definition) is 2. The third-order valence-corrected chi connectivity index (χ3v) is 2.59. The second-order valence-electron chi connectivity index (χ2n) is 3.97. The maximum absolute atomic E-state index is 12.9. The lowest BCUT2D eigenvalue weighted by Crippen LogP contribution is -2.37. The summed E-state index contributed by atoms with van der Waals surface area (Å²) in [4.78, 5) is 0. The van der Waals surface area contributed by atoms with E-state index in [0.717, 1.165) is 5.56 Å². The van der Waals surface area contributed by atoms with Crippen LogP contribution in [0.25, 0.3) is 0 Å². The third-order valence-electron chi connectivity index (χ3n) is 2.59. The minimum Gasteiger partial charge on any atom is -0.392 e. The van der Waals surface area contributed by atoms with Crippen LogP contribution >= 0.6 is 0 Å². The highest BCUT2D eigenvalue weighted by atomic mass is 19.1. The van der Waals surface area contributed by atoms with Gasteiger partial charge in [-0.05, 0) is 38.5 Å². The summed E-state index contributed by atoms with van der Waals surface area (Å²) in [6, 6.07) is 6.51. The molecular formula is C12H18FNO. The van der Waals surface area contributed by atoms with Crippen LogP contribution in [0.5, 0.6) is 0 Å². The van der Waals surface area contributed by atoms with E-state index in [2.05, 4.69) is 5.32 Å². The van der Waals surface area contributed by atoms with E-state index >= 15 is 0 Å². The SMILES string of the molecule is CC(NC(C)C(C)O)c1cccc(F)c1. The second kappa shape index (κ2) is 5.24. The fraction of sp³-hybridized carbons (Fsp3) is 0.500. The summed E-state index contributed by atoms with van der Waals surface area (Å²) in [7, 11) is 0. The molecule has 1 rings (SSSR count). The lowest BCUT2D eigenvalue weighted by molar-refractivity contribution is 0.147. The summed E-state index contributed by atoms with van der Waals surface area (Å²) in [5.41, 5.74) is 0.891. The lowest BCUT2D eigenvalue weighted by atomic mass is 10.1. The van der Waals surface area contributed by atoms with Crippen LogP contribution in [0.1, 0.15) is 32.4 Å². The highest BCUT2D eigenvalue weighted by molar-refractivity contribution is 5.19. The number of halogens is 1. The Morgan fingerprint density at radius 1 is 1.27 bits per heavy atom. The molecule has 0 spiro atoms. The fourth-order valence-electron chi connectivity index (χ4n) is 1.41. The average molecular weight is 211 g/mol. The van der Waals surface area contributed by atoms with E-state index in [4.69, 9.17) is 0 Å². The Morgan fingerprint density at radius 2 is 1.93 bits per heavy atom. The van der Waals surface area contributed by atoms with Crippen LogP contribution in [0, 0.1) is 5.82 Å². The zero-order valence-electron chi connectivity index (χ0n) is 9.37. The van der Waals surface area contributed by atoms with Gasteiger partial charge in [-0.15, -0.1) is 0 Å². The molecule has 3 unspecified atom stereocenters. The van der Waals surface area contributed by atoms with E-state index in [1.54, 1.807) is 13.0 Å². The molecule has 0 aliphatic rings. The van der Waals surface area contributed by atoms with Crippen LogP contribution in [0.4, 0.5) is 4.39 Å². The van der Waals surface area contributed by atoms with Gasteiger partial charge < -0.3 is 10.4 Å². The first kappa shape index (κ1) is 12.1. The van der Waals surface area contributed by atoms with Gasteiger partial charge in [0, 0.05) is 12.1 Å². The van der Waals surface area contributed by atoms with Gasteiger partial charge in [-0.25, -0.2) is 4.39 Å². The van der Waals surface area contributed by atoms with Crippen LogP contribution < -0.4 is 5.32 Å². The number of hydrogen-bond donors (Lipinski definition) is 2. The Bertz CT molecular complexity index is 314. The lowest BCUT2D eigenvalue weighted by Gasteiger charge is -2.22. The number of aliphatic hydroxyl groups excluding tert-OH is 1. The van der Waals surface area contributed by atoms with Crippen molar-refractivity contribution in [3.63, 3.8) is 0 Å². The van der Waals surface area contributed by atoms with Crippen molar-refractivity contribution >= 4 is 0 Å². The van der Waals surface area contributed by atoms with Crippen molar-refractivity contribution in [3.05, 3.63) is 35.6 Å². The molecule has 1 aromatic carbocycles. The Balaban J connectivity index is 2.64. The molecule has 3 heteroatoms. The molecule has 0 aliphatic heterocycles. The summed E-state index contributed by atoms with van der Waals surface area (Å²) in [5, 5.41) is 12.5. The van der Waals surface area contributed by atoms with Gasteiger partial charge >= 0.3 is 0 Å². The van der Waals surface area contributed by atoms with Crippen molar-refractivity contribution in [3.8, 4) is 0 Å². The van der Waals surface area contributed by atoms with Crippen molar-refractivity contribution in [2.24, 2.45) is 0 Å². The number of aliphatic hydroxyl groups is 1. The first-order valence-corrected chi connectivity index (χ1v) is 5.20. The smallest absolute Gasteiger partial charge is 0.123 e. The standard InChI is InChI=1S/C12H18FNO/c1-8(10(3)15)14-9(2)11-5-4-6-12(13)7-11/h4-10,14-15H,1-3H3. The molecule has 0 heterocycles. The van der Waals surface area contributed by atoms with Crippen molar-refractivity contribution in [2.75, 3.05) is 0 Å².